The van der Waals surface area contributed by atoms with Crippen molar-refractivity contribution in [2.45, 2.75) is 39.3 Å². The van der Waals surface area contributed by atoms with Crippen molar-refractivity contribution in [1.82, 2.24) is 16.0 Å². The Hall–Kier alpha value is -2.62. The van der Waals surface area contributed by atoms with Gasteiger partial charge in [0.2, 0.25) is 17.7 Å². The van der Waals surface area contributed by atoms with Crippen LogP contribution in [0.15, 0.2) is 12.2 Å². The molecule has 10 nitrogen and oxygen atoms in total. The molecule has 0 radical (unpaired) electrons. The maximum Gasteiger partial charge on any atom is 0.407 e. The van der Waals surface area contributed by atoms with E-state index in [4.69, 9.17) is 15.2 Å². The molecule has 5 N–H and O–H groups in total. The second kappa shape index (κ2) is 12.7. The van der Waals surface area contributed by atoms with Crippen LogP contribution >= 0.6 is 0 Å². The van der Waals surface area contributed by atoms with E-state index in [0.29, 0.717) is 5.57 Å². The van der Waals surface area contributed by atoms with Crippen LogP contribution in [0.2, 0.25) is 0 Å². The first-order valence-electron chi connectivity index (χ1n) is 8.54. The third-order valence-corrected chi connectivity index (χ3v) is 3.60. The third-order valence-electron chi connectivity index (χ3n) is 3.60. The minimum atomic E-state index is -0.890. The summed E-state index contributed by atoms with van der Waals surface area (Å²) in [6, 6.07) is -1.51. The summed E-state index contributed by atoms with van der Waals surface area (Å²) in [5.74, 6) is -1.61. The summed E-state index contributed by atoms with van der Waals surface area (Å²) in [7, 11) is 1.46. The fourth-order valence-electron chi connectivity index (χ4n) is 1.95. The number of hydrogen-bond acceptors (Lipinski definition) is 6. The number of alkyl carbamates (subject to hydrolysis) is 1. The van der Waals surface area contributed by atoms with Gasteiger partial charge in [-0.05, 0) is 12.8 Å². The number of ether oxygens (including phenoxy) is 2. The van der Waals surface area contributed by atoms with Gasteiger partial charge in [-0.25, -0.2) is 4.79 Å². The van der Waals surface area contributed by atoms with Gasteiger partial charge in [-0.1, -0.05) is 26.0 Å². The lowest BCUT2D eigenvalue weighted by Gasteiger charge is -2.24. The number of nitrogens with two attached hydrogens (primary N) is 1. The van der Waals surface area contributed by atoms with Gasteiger partial charge in [-0.3, -0.25) is 14.4 Å². The molecule has 2 unspecified atom stereocenters. The highest BCUT2D eigenvalue weighted by molar-refractivity contribution is 5.89. The molecule has 154 valence electrons. The van der Waals surface area contributed by atoms with E-state index in [2.05, 4.69) is 22.5 Å². The Bertz CT molecular complexity index is 550. The first-order chi connectivity index (χ1) is 12.6. The molecule has 0 aromatic carbocycles. The number of hydrogen-bond donors (Lipinski definition) is 4. The van der Waals surface area contributed by atoms with E-state index in [0.717, 1.165) is 0 Å². The number of primary amides is 1. The molecule has 4 amide bonds. The number of carbonyl (C=O) groups excluding carboxylic acids is 4. The highest BCUT2D eigenvalue weighted by Crippen LogP contribution is 2.14. The van der Waals surface area contributed by atoms with Crippen LogP contribution in [-0.2, 0) is 23.9 Å². The smallest absolute Gasteiger partial charge is 0.407 e. The van der Waals surface area contributed by atoms with Crippen molar-refractivity contribution in [2.75, 3.05) is 26.9 Å². The second-order valence-electron chi connectivity index (χ2n) is 6.23. The fourth-order valence-corrected chi connectivity index (χ4v) is 1.95. The molecule has 0 aliphatic carbocycles. The summed E-state index contributed by atoms with van der Waals surface area (Å²) in [4.78, 5) is 46.6. The summed E-state index contributed by atoms with van der Waals surface area (Å²) in [6.45, 7) is 9.06. The number of amides is 4. The van der Waals surface area contributed by atoms with Crippen molar-refractivity contribution in [2.24, 2.45) is 11.7 Å². The van der Waals surface area contributed by atoms with E-state index in [1.807, 2.05) is 13.8 Å². The van der Waals surface area contributed by atoms with E-state index in [9.17, 15) is 19.2 Å². The Morgan fingerprint density at radius 3 is 2.22 bits per heavy atom. The zero-order chi connectivity index (χ0) is 21.0. The van der Waals surface area contributed by atoms with Crippen LogP contribution in [0.5, 0.6) is 0 Å². The third kappa shape index (κ3) is 10.9. The largest absolute Gasteiger partial charge is 0.447 e. The van der Waals surface area contributed by atoms with Crippen LogP contribution in [0.4, 0.5) is 4.79 Å². The summed E-state index contributed by atoms with van der Waals surface area (Å²) in [5, 5.41) is 7.34. The fraction of sp³-hybridized carbons (Fsp3) is 0.647. The van der Waals surface area contributed by atoms with Crippen molar-refractivity contribution in [1.29, 1.82) is 0 Å². The number of nitrogens with one attached hydrogen (secondary N) is 3. The molecule has 0 rings (SSSR count). The highest BCUT2D eigenvalue weighted by atomic mass is 16.6. The van der Waals surface area contributed by atoms with Crippen LogP contribution in [-0.4, -0.2) is 62.8 Å². The van der Waals surface area contributed by atoms with Crippen LogP contribution in [0.3, 0.4) is 0 Å². The Morgan fingerprint density at radius 2 is 1.70 bits per heavy atom. The minimum absolute atomic E-state index is 0.0351. The molecule has 0 aromatic rings. The number of methoxy groups -OCH3 is 1. The van der Waals surface area contributed by atoms with Gasteiger partial charge in [0.1, 0.15) is 19.2 Å². The van der Waals surface area contributed by atoms with Gasteiger partial charge in [0.15, 0.2) is 0 Å². The summed E-state index contributed by atoms with van der Waals surface area (Å²) < 4.78 is 9.46. The first kappa shape index (κ1) is 24.4. The molecular weight excluding hydrogens is 356 g/mol. The normalized spacial score (nSPS) is 12.6. The quantitative estimate of drug-likeness (QED) is 0.261. The molecule has 0 heterocycles. The van der Waals surface area contributed by atoms with Crippen molar-refractivity contribution >= 4 is 23.8 Å². The van der Waals surface area contributed by atoms with E-state index in [1.54, 1.807) is 0 Å². The van der Waals surface area contributed by atoms with Gasteiger partial charge in [-0.15, -0.1) is 0 Å². The Labute approximate surface area is 159 Å². The molecular formula is C17H30N4O6. The van der Waals surface area contributed by atoms with Crippen molar-refractivity contribution in [3.63, 3.8) is 0 Å². The van der Waals surface area contributed by atoms with Crippen LogP contribution in [0.1, 0.15) is 27.2 Å². The molecule has 10 heteroatoms. The molecule has 0 aliphatic rings. The van der Waals surface area contributed by atoms with E-state index in [-0.39, 0.29) is 32.1 Å². The van der Waals surface area contributed by atoms with Gasteiger partial charge < -0.3 is 31.2 Å². The summed E-state index contributed by atoms with van der Waals surface area (Å²) in [5.41, 5.74) is 5.87. The predicted octanol–water partition coefficient (Wildman–Crippen LogP) is -0.564. The molecule has 2 atom stereocenters. The zero-order valence-electron chi connectivity index (χ0n) is 16.3. The lowest BCUT2D eigenvalue weighted by molar-refractivity contribution is -0.128. The molecule has 0 saturated carbocycles. The summed E-state index contributed by atoms with van der Waals surface area (Å²) in [6.07, 6.45) is -0.854. The van der Waals surface area contributed by atoms with Gasteiger partial charge >= 0.3 is 6.09 Å². The average molecular weight is 386 g/mol. The topological polar surface area (TPSA) is 149 Å². The van der Waals surface area contributed by atoms with E-state index in [1.165, 1.54) is 14.0 Å². The van der Waals surface area contributed by atoms with Gasteiger partial charge in [0.05, 0.1) is 19.1 Å². The molecule has 0 aliphatic heterocycles. The van der Waals surface area contributed by atoms with Crippen molar-refractivity contribution in [3.8, 4) is 0 Å². The number of carbonyl (C=O) groups is 4. The molecule has 0 bridgehead atoms. The zero-order valence-corrected chi connectivity index (χ0v) is 16.3. The lowest BCUT2D eigenvalue weighted by atomic mass is 9.94. The monoisotopic (exact) mass is 386 g/mol. The Balaban J connectivity index is 4.48. The molecule has 27 heavy (non-hydrogen) atoms. The minimum Gasteiger partial charge on any atom is -0.447 e. The molecule has 0 fully saturated rings. The molecule has 0 aromatic heterocycles. The van der Waals surface area contributed by atoms with Crippen LogP contribution in [0, 0.1) is 5.92 Å². The van der Waals surface area contributed by atoms with E-state index >= 15 is 0 Å². The van der Waals surface area contributed by atoms with Crippen molar-refractivity contribution < 1.29 is 28.7 Å². The Morgan fingerprint density at radius 1 is 1.07 bits per heavy atom. The van der Waals surface area contributed by atoms with Crippen molar-refractivity contribution in [3.05, 3.63) is 12.2 Å². The first-order valence-corrected chi connectivity index (χ1v) is 8.54. The molecule has 0 saturated heterocycles. The number of rotatable bonds is 12. The van der Waals surface area contributed by atoms with Gasteiger partial charge in [0.25, 0.3) is 0 Å². The van der Waals surface area contributed by atoms with Gasteiger partial charge in [0, 0.05) is 7.11 Å². The average Bonchev–Trinajstić information content (AvgIpc) is 2.58. The highest BCUT2D eigenvalue weighted by Gasteiger charge is 2.23. The van der Waals surface area contributed by atoms with Crippen LogP contribution < -0.4 is 21.7 Å². The van der Waals surface area contributed by atoms with E-state index < -0.39 is 35.9 Å². The summed E-state index contributed by atoms with van der Waals surface area (Å²) >= 11 is 0. The second-order valence-corrected chi connectivity index (χ2v) is 6.23. The van der Waals surface area contributed by atoms with Crippen LogP contribution in [0.25, 0.3) is 0 Å². The SMILES string of the molecule is C=C(C(C)C)C(CC(N)=O)NC(=O)C(C)NC(=O)CNC(=O)OCCOC. The standard InChI is InChI=1S/C17H30N4O6/c1-10(2)11(3)13(8-14(18)22)21-16(24)12(4)20-15(23)9-19-17(25)27-7-6-26-5/h10,12-13H,3,6-9H2,1-2,4-5H3,(H2,18,22)(H,19,25)(H,20,23)(H,21,24). The van der Waals surface area contributed by atoms with Gasteiger partial charge in [-0.2, -0.15) is 0 Å². The predicted molar refractivity (Wildman–Crippen MR) is 98.6 cm³/mol. The maximum absolute atomic E-state index is 12.3. The maximum atomic E-state index is 12.3. The lowest BCUT2D eigenvalue weighted by Crippen LogP contribution is -2.51. The Kier molecular flexibility index (Phi) is 11.5. The molecule has 0 spiro atoms.